The quantitative estimate of drug-likeness (QED) is 0.530. The zero-order chi connectivity index (χ0) is 23.5. The van der Waals surface area contributed by atoms with Gasteiger partial charge in [0.1, 0.15) is 0 Å². The second-order valence-corrected chi connectivity index (χ2v) is 9.57. The van der Waals surface area contributed by atoms with Crippen molar-refractivity contribution in [2.24, 2.45) is 5.41 Å². The first-order valence-corrected chi connectivity index (χ1v) is 11.8. The van der Waals surface area contributed by atoms with Crippen molar-refractivity contribution in [2.75, 3.05) is 27.1 Å². The van der Waals surface area contributed by atoms with Crippen LogP contribution >= 0.6 is 11.8 Å². The van der Waals surface area contributed by atoms with Crippen molar-refractivity contribution in [1.82, 2.24) is 0 Å². The minimum atomic E-state index is -0.832. The van der Waals surface area contributed by atoms with E-state index in [2.05, 4.69) is 0 Å². The van der Waals surface area contributed by atoms with E-state index in [1.807, 2.05) is 50.4 Å². The lowest BCUT2D eigenvalue weighted by atomic mass is 9.88. The lowest BCUT2D eigenvalue weighted by Crippen LogP contribution is -2.34. The Kier molecular flexibility index (Phi) is 7.39. The van der Waals surface area contributed by atoms with Gasteiger partial charge in [0, 0.05) is 28.2 Å². The van der Waals surface area contributed by atoms with Crippen LogP contribution in [0.2, 0.25) is 0 Å². The van der Waals surface area contributed by atoms with Crippen LogP contribution in [-0.4, -0.2) is 49.2 Å². The van der Waals surface area contributed by atoms with Crippen LogP contribution in [0.5, 0.6) is 17.2 Å². The molecule has 0 amide bonds. The number of ketones is 1. The normalized spacial score (nSPS) is 14.1. The van der Waals surface area contributed by atoms with Gasteiger partial charge in [-0.15, -0.1) is 0 Å². The molecule has 6 nitrogen and oxygen atoms in total. The molecule has 0 aliphatic heterocycles. The number of benzene rings is 2. The Morgan fingerprint density at radius 3 is 2.41 bits per heavy atom. The molecular formula is C25H30O6S. The number of hydrogen-bond donors (Lipinski definition) is 1. The third kappa shape index (κ3) is 4.72. The number of carbonyl (C=O) groups is 2. The second kappa shape index (κ2) is 9.86. The van der Waals surface area contributed by atoms with E-state index in [4.69, 9.17) is 14.2 Å². The van der Waals surface area contributed by atoms with Gasteiger partial charge in [0.05, 0.1) is 27.2 Å². The largest absolute Gasteiger partial charge is 0.493 e. The molecule has 0 fully saturated rings. The van der Waals surface area contributed by atoms with Crippen molar-refractivity contribution < 1.29 is 28.9 Å². The van der Waals surface area contributed by atoms with Crippen LogP contribution < -0.4 is 14.2 Å². The lowest BCUT2D eigenvalue weighted by Gasteiger charge is -2.33. The standard InChI is InChI=1S/C25H30O6S/c1-25(2,21(32-5)13-22(27)28)14-31-23-18(10-12-20(29-3)24(23)30-4)15-7-6-8-17-16(15)9-11-19(17)26/h6-8,10,12,21H,9,11,13-14H2,1-5H3,(H,27,28). The van der Waals surface area contributed by atoms with Gasteiger partial charge in [-0.05, 0) is 35.9 Å². The van der Waals surface area contributed by atoms with Crippen molar-refractivity contribution >= 4 is 23.5 Å². The Morgan fingerprint density at radius 1 is 1.06 bits per heavy atom. The number of Topliss-reactive ketones (excluding diaryl/α,β-unsaturated/α-hetero) is 1. The third-order valence-corrected chi connectivity index (χ3v) is 7.35. The summed E-state index contributed by atoms with van der Waals surface area (Å²) in [6.07, 6.45) is 3.16. The fourth-order valence-corrected chi connectivity index (χ4v) is 5.20. The zero-order valence-corrected chi connectivity index (χ0v) is 20.0. The average molecular weight is 459 g/mol. The smallest absolute Gasteiger partial charge is 0.304 e. The molecular weight excluding hydrogens is 428 g/mol. The Bertz CT molecular complexity index is 1010. The van der Waals surface area contributed by atoms with Crippen molar-refractivity contribution in [1.29, 1.82) is 0 Å². The Hall–Kier alpha value is -2.67. The molecule has 1 unspecified atom stereocenters. The van der Waals surface area contributed by atoms with E-state index < -0.39 is 11.4 Å². The fourth-order valence-electron chi connectivity index (χ4n) is 4.19. The number of carbonyl (C=O) groups excluding carboxylic acids is 1. The predicted octanol–water partition coefficient (Wildman–Crippen LogP) is 5.11. The van der Waals surface area contributed by atoms with Crippen molar-refractivity contribution in [3.63, 3.8) is 0 Å². The zero-order valence-electron chi connectivity index (χ0n) is 19.2. The van der Waals surface area contributed by atoms with Gasteiger partial charge in [-0.1, -0.05) is 32.0 Å². The number of fused-ring (bicyclic) bond motifs is 1. The Morgan fingerprint density at radius 2 is 1.78 bits per heavy atom. The highest BCUT2D eigenvalue weighted by Gasteiger charge is 2.33. The maximum Gasteiger partial charge on any atom is 0.304 e. The van der Waals surface area contributed by atoms with Crippen LogP contribution in [0, 0.1) is 5.41 Å². The lowest BCUT2D eigenvalue weighted by molar-refractivity contribution is -0.137. The van der Waals surface area contributed by atoms with Crippen molar-refractivity contribution in [3.05, 3.63) is 41.5 Å². The van der Waals surface area contributed by atoms with Crippen LogP contribution in [0.15, 0.2) is 30.3 Å². The molecule has 7 heteroatoms. The number of carboxylic acid groups (broad SMARTS) is 1. The van der Waals surface area contributed by atoms with Gasteiger partial charge < -0.3 is 19.3 Å². The van der Waals surface area contributed by atoms with E-state index in [9.17, 15) is 14.7 Å². The predicted molar refractivity (Wildman–Crippen MR) is 126 cm³/mol. The van der Waals surface area contributed by atoms with E-state index in [1.54, 1.807) is 14.2 Å². The SMILES string of the molecule is COc1ccc(-c2cccc3c2CCC3=O)c(OCC(C)(C)C(CC(=O)O)SC)c1OC. The number of hydrogen-bond acceptors (Lipinski definition) is 6. The van der Waals surface area contributed by atoms with E-state index >= 15 is 0 Å². The summed E-state index contributed by atoms with van der Waals surface area (Å²) in [6.45, 7) is 4.29. The van der Waals surface area contributed by atoms with Gasteiger partial charge >= 0.3 is 5.97 Å². The molecule has 0 saturated heterocycles. The van der Waals surface area contributed by atoms with Gasteiger partial charge in [0.2, 0.25) is 5.75 Å². The summed E-state index contributed by atoms with van der Waals surface area (Å²) >= 11 is 1.52. The van der Waals surface area contributed by atoms with Crippen molar-refractivity contribution in [3.8, 4) is 28.4 Å². The number of methoxy groups -OCH3 is 2. The Labute approximate surface area is 193 Å². The molecule has 3 rings (SSSR count). The molecule has 0 bridgehead atoms. The molecule has 0 radical (unpaired) electrons. The molecule has 1 aliphatic carbocycles. The second-order valence-electron chi connectivity index (χ2n) is 8.53. The number of thioether (sulfide) groups is 1. The maximum absolute atomic E-state index is 12.3. The molecule has 0 heterocycles. The van der Waals surface area contributed by atoms with Crippen LogP contribution in [0.25, 0.3) is 11.1 Å². The number of ether oxygens (including phenoxy) is 3. The number of carboxylic acids is 1. The van der Waals surface area contributed by atoms with Gasteiger partial charge in [-0.25, -0.2) is 0 Å². The summed E-state index contributed by atoms with van der Waals surface area (Å²) < 4.78 is 17.5. The molecule has 1 N–H and O–H groups in total. The molecule has 2 aromatic carbocycles. The van der Waals surface area contributed by atoms with Crippen LogP contribution in [0.1, 0.15) is 42.6 Å². The maximum atomic E-state index is 12.3. The molecule has 32 heavy (non-hydrogen) atoms. The van der Waals surface area contributed by atoms with Gasteiger partial charge in [-0.3, -0.25) is 9.59 Å². The molecule has 2 aromatic rings. The highest BCUT2D eigenvalue weighted by molar-refractivity contribution is 7.99. The van der Waals surface area contributed by atoms with Crippen LogP contribution in [0.4, 0.5) is 0 Å². The highest BCUT2D eigenvalue weighted by atomic mass is 32.2. The highest BCUT2D eigenvalue weighted by Crippen LogP contribution is 2.47. The van der Waals surface area contributed by atoms with Crippen molar-refractivity contribution in [2.45, 2.75) is 38.4 Å². The molecule has 0 aromatic heterocycles. The Balaban J connectivity index is 2.05. The first kappa shape index (κ1) is 24.0. The van der Waals surface area contributed by atoms with Crippen LogP contribution in [0.3, 0.4) is 0 Å². The average Bonchev–Trinajstić information content (AvgIpc) is 3.16. The third-order valence-electron chi connectivity index (χ3n) is 5.97. The van der Waals surface area contributed by atoms with E-state index in [-0.39, 0.29) is 24.1 Å². The van der Waals surface area contributed by atoms with Crippen LogP contribution in [-0.2, 0) is 11.2 Å². The summed E-state index contributed by atoms with van der Waals surface area (Å²) in [5.74, 6) is 0.869. The minimum absolute atomic E-state index is 0.0495. The molecule has 0 spiro atoms. The summed E-state index contributed by atoms with van der Waals surface area (Å²) in [5.41, 5.74) is 3.12. The topological polar surface area (TPSA) is 82.1 Å². The number of rotatable bonds is 10. The summed E-state index contributed by atoms with van der Waals surface area (Å²) in [4.78, 5) is 23.6. The molecule has 1 atom stereocenters. The van der Waals surface area contributed by atoms with Gasteiger partial charge in [0.15, 0.2) is 17.3 Å². The summed E-state index contributed by atoms with van der Waals surface area (Å²) in [5, 5.41) is 9.17. The van der Waals surface area contributed by atoms with Gasteiger partial charge in [0.25, 0.3) is 0 Å². The molecule has 1 aliphatic rings. The van der Waals surface area contributed by atoms with Gasteiger partial charge in [-0.2, -0.15) is 11.8 Å². The minimum Gasteiger partial charge on any atom is -0.493 e. The first-order chi connectivity index (χ1) is 15.2. The van der Waals surface area contributed by atoms with E-state index in [1.165, 1.54) is 11.8 Å². The van der Waals surface area contributed by atoms with E-state index in [0.29, 0.717) is 30.1 Å². The monoisotopic (exact) mass is 458 g/mol. The summed E-state index contributed by atoms with van der Waals surface area (Å²) in [7, 11) is 3.13. The number of aliphatic carboxylic acids is 1. The van der Waals surface area contributed by atoms with E-state index in [0.717, 1.165) is 22.3 Å². The molecule has 172 valence electrons. The first-order valence-electron chi connectivity index (χ1n) is 10.5. The molecule has 0 saturated carbocycles. The summed E-state index contributed by atoms with van der Waals surface area (Å²) in [6, 6.07) is 9.50. The fraction of sp³-hybridized carbons (Fsp3) is 0.440.